The first-order valence-corrected chi connectivity index (χ1v) is 8.15. The Morgan fingerprint density at radius 2 is 1.93 bits per heavy atom. The number of nitrogens with one attached hydrogen (secondary N) is 1. The molecule has 3 rings (SSSR count). The number of carbonyl (C=O) groups excluding carboxylic acids is 2. The first kappa shape index (κ1) is 18.9. The normalized spacial score (nSPS) is 14.9. The minimum Gasteiger partial charge on any atom is -0.378 e. The second-order valence-corrected chi connectivity index (χ2v) is 6.00. The van der Waals surface area contributed by atoms with Gasteiger partial charge in [-0.05, 0) is 18.2 Å². The quantitative estimate of drug-likeness (QED) is 0.883. The molecular weight excluding hydrogens is 365 g/mol. The molecule has 144 valence electrons. The van der Waals surface area contributed by atoms with Gasteiger partial charge in [0.05, 0.1) is 18.8 Å². The average molecular weight is 382 g/mol. The molecule has 27 heavy (non-hydrogen) atoms. The molecule has 0 bridgehead atoms. The highest BCUT2D eigenvalue weighted by molar-refractivity contribution is 6.05. The van der Waals surface area contributed by atoms with Gasteiger partial charge < -0.3 is 15.0 Å². The van der Waals surface area contributed by atoms with E-state index in [4.69, 9.17) is 4.74 Å². The summed E-state index contributed by atoms with van der Waals surface area (Å²) in [7, 11) is 1.30. The number of hydrogen-bond acceptors (Lipinski definition) is 4. The fourth-order valence-electron chi connectivity index (χ4n) is 2.74. The number of amides is 2. The predicted octanol–water partition coefficient (Wildman–Crippen LogP) is 2.16. The maximum Gasteiger partial charge on any atom is 0.435 e. The number of alkyl halides is 3. The number of hydrogen-bond donors (Lipinski definition) is 1. The zero-order chi connectivity index (χ0) is 19.6. The largest absolute Gasteiger partial charge is 0.435 e. The van der Waals surface area contributed by atoms with Crippen molar-refractivity contribution >= 4 is 17.5 Å². The van der Waals surface area contributed by atoms with Crippen LogP contribution in [0.5, 0.6) is 0 Å². The van der Waals surface area contributed by atoms with Gasteiger partial charge in [-0.15, -0.1) is 0 Å². The zero-order valence-electron chi connectivity index (χ0n) is 14.4. The Labute approximate surface area is 152 Å². The number of benzene rings is 1. The summed E-state index contributed by atoms with van der Waals surface area (Å²) in [5, 5.41) is 5.70. The van der Waals surface area contributed by atoms with Crippen LogP contribution in [0.3, 0.4) is 0 Å². The van der Waals surface area contributed by atoms with E-state index in [-0.39, 0.29) is 11.6 Å². The first-order chi connectivity index (χ1) is 12.8. The number of nitrogens with zero attached hydrogens (tertiary/aromatic N) is 3. The van der Waals surface area contributed by atoms with Crippen LogP contribution in [0, 0.1) is 0 Å². The van der Waals surface area contributed by atoms with Gasteiger partial charge in [-0.1, -0.05) is 6.07 Å². The van der Waals surface area contributed by atoms with Crippen molar-refractivity contribution in [2.45, 2.75) is 6.18 Å². The van der Waals surface area contributed by atoms with Gasteiger partial charge in [-0.25, -0.2) is 0 Å². The standard InChI is InChI=1S/C17H17F3N4O3/c1-23-10-13(14(22-23)17(18,19)20)15(25)21-12-4-2-3-11(9-12)16(26)24-5-7-27-8-6-24/h2-4,9-10H,5-8H2,1H3,(H,21,25). The van der Waals surface area contributed by atoms with Crippen molar-refractivity contribution < 1.29 is 27.5 Å². The van der Waals surface area contributed by atoms with Gasteiger partial charge in [0.15, 0.2) is 5.69 Å². The SMILES string of the molecule is Cn1cc(C(=O)Nc2cccc(C(=O)N3CCOCC3)c2)c(C(F)(F)F)n1. The third kappa shape index (κ3) is 4.27. The number of anilines is 1. The van der Waals surface area contributed by atoms with E-state index in [1.54, 1.807) is 17.0 Å². The van der Waals surface area contributed by atoms with Crippen LogP contribution in [0.4, 0.5) is 18.9 Å². The monoisotopic (exact) mass is 382 g/mol. The number of aryl methyl sites for hydroxylation is 1. The lowest BCUT2D eigenvalue weighted by atomic mass is 10.1. The molecule has 0 spiro atoms. The molecule has 1 aliphatic heterocycles. The zero-order valence-corrected chi connectivity index (χ0v) is 14.4. The van der Waals surface area contributed by atoms with E-state index in [0.717, 1.165) is 10.9 Å². The smallest absolute Gasteiger partial charge is 0.378 e. The number of halogens is 3. The Bertz CT molecular complexity index is 857. The molecule has 1 aromatic heterocycles. The molecule has 1 N–H and O–H groups in total. The van der Waals surface area contributed by atoms with Crippen LogP contribution in [-0.2, 0) is 18.0 Å². The number of rotatable bonds is 3. The van der Waals surface area contributed by atoms with Gasteiger partial charge in [0.25, 0.3) is 11.8 Å². The van der Waals surface area contributed by atoms with Crippen LogP contribution < -0.4 is 5.32 Å². The van der Waals surface area contributed by atoms with E-state index >= 15 is 0 Å². The molecule has 2 heterocycles. The predicted molar refractivity (Wildman–Crippen MR) is 89.3 cm³/mol. The summed E-state index contributed by atoms with van der Waals surface area (Å²) in [6.45, 7) is 1.81. The lowest BCUT2D eigenvalue weighted by Gasteiger charge is -2.27. The van der Waals surface area contributed by atoms with Crippen LogP contribution in [0.25, 0.3) is 0 Å². The van der Waals surface area contributed by atoms with Gasteiger partial charge in [0.1, 0.15) is 0 Å². The molecule has 1 aromatic carbocycles. The molecule has 0 radical (unpaired) electrons. The summed E-state index contributed by atoms with van der Waals surface area (Å²) < 4.78 is 45.2. The molecule has 1 aliphatic rings. The second-order valence-electron chi connectivity index (χ2n) is 6.00. The van der Waals surface area contributed by atoms with Gasteiger partial charge in [-0.2, -0.15) is 18.3 Å². The summed E-state index contributed by atoms with van der Waals surface area (Å²) in [5.41, 5.74) is -1.30. The highest BCUT2D eigenvalue weighted by Crippen LogP contribution is 2.31. The van der Waals surface area contributed by atoms with Crippen molar-refractivity contribution in [3.05, 3.63) is 47.3 Å². The highest BCUT2D eigenvalue weighted by atomic mass is 19.4. The molecule has 10 heteroatoms. The van der Waals surface area contributed by atoms with Crippen molar-refractivity contribution in [2.75, 3.05) is 31.6 Å². The molecule has 0 saturated carbocycles. The molecule has 2 aromatic rings. The van der Waals surface area contributed by atoms with Crippen molar-refractivity contribution in [1.29, 1.82) is 0 Å². The molecule has 0 aliphatic carbocycles. The number of aromatic nitrogens is 2. The van der Waals surface area contributed by atoms with Crippen LogP contribution in [-0.4, -0.2) is 52.8 Å². The Kier molecular flexibility index (Phi) is 5.17. The molecular formula is C17H17F3N4O3. The van der Waals surface area contributed by atoms with Crippen LogP contribution >= 0.6 is 0 Å². The molecule has 2 amide bonds. The molecule has 0 atom stereocenters. The third-order valence-electron chi connectivity index (χ3n) is 4.01. The van der Waals surface area contributed by atoms with E-state index in [2.05, 4.69) is 10.4 Å². The second kappa shape index (κ2) is 7.39. The Morgan fingerprint density at radius 3 is 2.59 bits per heavy atom. The Morgan fingerprint density at radius 1 is 1.22 bits per heavy atom. The summed E-state index contributed by atoms with van der Waals surface area (Å²) >= 11 is 0. The maximum absolute atomic E-state index is 13.0. The Balaban J connectivity index is 1.79. The van der Waals surface area contributed by atoms with Crippen molar-refractivity contribution in [1.82, 2.24) is 14.7 Å². The summed E-state index contributed by atoms with van der Waals surface area (Å²) in [6.07, 6.45) is -3.75. The fourth-order valence-corrected chi connectivity index (χ4v) is 2.74. The van der Waals surface area contributed by atoms with E-state index in [1.807, 2.05) is 0 Å². The van der Waals surface area contributed by atoms with Gasteiger partial charge in [0.2, 0.25) is 0 Å². The minimum atomic E-state index is -4.75. The highest BCUT2D eigenvalue weighted by Gasteiger charge is 2.39. The average Bonchev–Trinajstić information content (AvgIpc) is 3.04. The third-order valence-corrected chi connectivity index (χ3v) is 4.01. The van der Waals surface area contributed by atoms with Crippen molar-refractivity contribution in [2.24, 2.45) is 7.05 Å². The van der Waals surface area contributed by atoms with E-state index in [0.29, 0.717) is 31.9 Å². The summed E-state index contributed by atoms with van der Waals surface area (Å²) in [5.74, 6) is -1.18. The minimum absolute atomic E-state index is 0.219. The first-order valence-electron chi connectivity index (χ1n) is 8.15. The topological polar surface area (TPSA) is 76.5 Å². The maximum atomic E-state index is 13.0. The van der Waals surface area contributed by atoms with Crippen LogP contribution in [0.15, 0.2) is 30.5 Å². The number of ether oxygens (including phenoxy) is 1. The van der Waals surface area contributed by atoms with E-state index in [1.165, 1.54) is 19.2 Å². The molecule has 0 unspecified atom stereocenters. The van der Waals surface area contributed by atoms with Crippen LogP contribution in [0.2, 0.25) is 0 Å². The summed E-state index contributed by atoms with van der Waals surface area (Å²) in [4.78, 5) is 26.4. The van der Waals surface area contributed by atoms with E-state index in [9.17, 15) is 22.8 Å². The number of morpholine rings is 1. The van der Waals surface area contributed by atoms with Crippen LogP contribution in [0.1, 0.15) is 26.4 Å². The lowest BCUT2D eigenvalue weighted by molar-refractivity contribution is -0.141. The van der Waals surface area contributed by atoms with Gasteiger partial charge in [0, 0.05) is 37.6 Å². The Hall–Kier alpha value is -2.88. The molecule has 1 fully saturated rings. The number of carbonyl (C=O) groups is 2. The summed E-state index contributed by atoms with van der Waals surface area (Å²) in [6, 6.07) is 6.06. The van der Waals surface area contributed by atoms with Gasteiger partial charge >= 0.3 is 6.18 Å². The van der Waals surface area contributed by atoms with Crippen molar-refractivity contribution in [3.63, 3.8) is 0 Å². The molecule has 1 saturated heterocycles. The fraction of sp³-hybridized carbons (Fsp3) is 0.353. The molecule has 7 nitrogen and oxygen atoms in total. The van der Waals surface area contributed by atoms with Crippen molar-refractivity contribution in [3.8, 4) is 0 Å². The lowest BCUT2D eigenvalue weighted by Crippen LogP contribution is -2.40. The van der Waals surface area contributed by atoms with E-state index < -0.39 is 23.3 Å². The van der Waals surface area contributed by atoms with Gasteiger partial charge in [-0.3, -0.25) is 14.3 Å².